The molecule has 0 unspecified atom stereocenters. The molecule has 0 bridgehead atoms. The fourth-order valence-corrected chi connectivity index (χ4v) is 3.71. The third-order valence-electron chi connectivity index (χ3n) is 5.45. The summed E-state index contributed by atoms with van der Waals surface area (Å²) in [5.74, 6) is 0.234. The third-order valence-corrected chi connectivity index (χ3v) is 9.95. The van der Waals surface area contributed by atoms with E-state index in [9.17, 15) is 10.2 Å². The molecule has 5 nitrogen and oxygen atoms in total. The molecule has 2 N–H and O–H groups in total. The summed E-state index contributed by atoms with van der Waals surface area (Å²) in [7, 11) is -1.93. The number of benzene rings is 1. The molecule has 2 heterocycles. The first kappa shape index (κ1) is 18.9. The van der Waals surface area contributed by atoms with E-state index in [1.165, 1.54) is 0 Å². The Morgan fingerprint density at radius 1 is 1.19 bits per heavy atom. The van der Waals surface area contributed by atoms with Crippen LogP contribution in [0.25, 0.3) is 10.9 Å². The van der Waals surface area contributed by atoms with Gasteiger partial charge in [-0.2, -0.15) is 0 Å². The predicted octanol–water partition coefficient (Wildman–Crippen LogP) is 4.84. The number of ether oxygens (including phenoxy) is 1. The summed E-state index contributed by atoms with van der Waals surface area (Å²) in [4.78, 5) is 4.24. The van der Waals surface area contributed by atoms with Gasteiger partial charge < -0.3 is 19.4 Å². The second-order valence-electron chi connectivity index (χ2n) is 8.29. The van der Waals surface area contributed by atoms with Gasteiger partial charge in [0.2, 0.25) is 0 Å². The SMILES string of the molecule is CC(C)(C)[Si](C)(C)OC[C@H]1O[C@@H](c2ccc3cccnc3c2O)C=C1O. The lowest BCUT2D eigenvalue weighted by Crippen LogP contribution is -2.42. The molecule has 1 aromatic carbocycles. The highest BCUT2D eigenvalue weighted by Crippen LogP contribution is 2.40. The maximum absolute atomic E-state index is 10.6. The molecule has 1 aliphatic heterocycles. The van der Waals surface area contributed by atoms with Crippen LogP contribution in [0.4, 0.5) is 0 Å². The van der Waals surface area contributed by atoms with Gasteiger partial charge in [-0.05, 0) is 30.3 Å². The summed E-state index contributed by atoms with van der Waals surface area (Å²) in [5, 5.41) is 21.8. The minimum absolute atomic E-state index is 0.0862. The first-order valence-electron chi connectivity index (χ1n) is 8.87. The van der Waals surface area contributed by atoms with Crippen molar-refractivity contribution in [3.63, 3.8) is 0 Å². The number of phenolic OH excluding ortho intramolecular Hbond substituents is 1. The Kier molecular flexibility index (Phi) is 4.85. The summed E-state index contributed by atoms with van der Waals surface area (Å²) in [6, 6.07) is 7.42. The van der Waals surface area contributed by atoms with E-state index < -0.39 is 20.5 Å². The number of aliphatic hydroxyl groups is 1. The molecule has 0 radical (unpaired) electrons. The number of hydrogen-bond donors (Lipinski definition) is 2. The smallest absolute Gasteiger partial charge is 0.192 e. The Morgan fingerprint density at radius 3 is 2.62 bits per heavy atom. The monoisotopic (exact) mass is 373 g/mol. The van der Waals surface area contributed by atoms with Crippen LogP contribution in [0.15, 0.2) is 42.3 Å². The van der Waals surface area contributed by atoms with Gasteiger partial charge >= 0.3 is 0 Å². The zero-order valence-corrected chi connectivity index (χ0v) is 17.0. The van der Waals surface area contributed by atoms with Crippen molar-refractivity contribution in [3.05, 3.63) is 47.9 Å². The van der Waals surface area contributed by atoms with Crippen LogP contribution in [0.5, 0.6) is 5.75 Å². The zero-order valence-electron chi connectivity index (χ0n) is 16.0. The van der Waals surface area contributed by atoms with Crippen LogP contribution >= 0.6 is 0 Å². The van der Waals surface area contributed by atoms with Gasteiger partial charge in [0.15, 0.2) is 8.32 Å². The summed E-state index contributed by atoms with van der Waals surface area (Å²) >= 11 is 0. The highest BCUT2D eigenvalue weighted by Gasteiger charge is 2.39. The van der Waals surface area contributed by atoms with Crippen molar-refractivity contribution >= 4 is 19.2 Å². The van der Waals surface area contributed by atoms with Crippen molar-refractivity contribution in [3.8, 4) is 5.75 Å². The van der Waals surface area contributed by atoms with Crippen LogP contribution in [0.2, 0.25) is 18.1 Å². The molecular weight excluding hydrogens is 346 g/mol. The van der Waals surface area contributed by atoms with E-state index in [1.807, 2.05) is 24.3 Å². The lowest BCUT2D eigenvalue weighted by molar-refractivity contribution is 0.00831. The number of aromatic nitrogens is 1. The molecule has 2 atom stereocenters. The molecule has 3 rings (SSSR count). The van der Waals surface area contributed by atoms with Gasteiger partial charge in [0.05, 0.1) is 6.61 Å². The van der Waals surface area contributed by atoms with E-state index in [4.69, 9.17) is 9.16 Å². The number of phenols is 1. The molecule has 1 aliphatic rings. The Hall–Kier alpha value is -1.89. The van der Waals surface area contributed by atoms with E-state index in [-0.39, 0.29) is 16.5 Å². The Bertz CT molecular complexity index is 841. The molecule has 1 aromatic heterocycles. The molecule has 0 saturated carbocycles. The van der Waals surface area contributed by atoms with Gasteiger partial charge in [-0.15, -0.1) is 0 Å². The molecular formula is C20H27NO4Si. The van der Waals surface area contributed by atoms with Gasteiger partial charge in [0, 0.05) is 17.1 Å². The van der Waals surface area contributed by atoms with Crippen molar-refractivity contribution in [1.29, 1.82) is 0 Å². The maximum atomic E-state index is 10.6. The zero-order chi connectivity index (χ0) is 19.1. The van der Waals surface area contributed by atoms with Crippen LogP contribution in [-0.2, 0) is 9.16 Å². The minimum Gasteiger partial charge on any atom is -0.510 e. The lowest BCUT2D eigenvalue weighted by atomic mass is 10.0. The normalized spacial score (nSPS) is 21.2. The van der Waals surface area contributed by atoms with Crippen LogP contribution in [-0.4, -0.2) is 36.2 Å². The molecule has 0 aliphatic carbocycles. The van der Waals surface area contributed by atoms with Crippen LogP contribution in [0.3, 0.4) is 0 Å². The molecule has 0 saturated heterocycles. The van der Waals surface area contributed by atoms with E-state index in [0.717, 1.165) is 5.39 Å². The van der Waals surface area contributed by atoms with Crippen molar-refractivity contribution in [1.82, 2.24) is 4.98 Å². The Morgan fingerprint density at radius 2 is 1.92 bits per heavy atom. The first-order valence-corrected chi connectivity index (χ1v) is 11.8. The summed E-state index contributed by atoms with van der Waals surface area (Å²) in [5.41, 5.74) is 1.13. The molecule has 0 spiro atoms. The summed E-state index contributed by atoms with van der Waals surface area (Å²) in [6.45, 7) is 11.2. The number of nitrogens with zero attached hydrogens (tertiary/aromatic N) is 1. The Balaban J connectivity index is 1.76. The number of aromatic hydroxyl groups is 1. The average molecular weight is 374 g/mol. The van der Waals surface area contributed by atoms with Crippen molar-refractivity contribution < 1.29 is 19.4 Å². The van der Waals surface area contributed by atoms with Gasteiger partial charge in [-0.1, -0.05) is 39.0 Å². The van der Waals surface area contributed by atoms with Crippen LogP contribution < -0.4 is 0 Å². The number of pyridine rings is 1. The standard InChI is InChI=1S/C20H27NO4Si/c1-20(2,3)26(4,5)24-12-17-15(22)11-16(25-17)14-9-8-13-7-6-10-21-18(13)19(14)23/h6-11,16-17,22-23H,12H2,1-5H3/t16-,17-/m1/s1. The van der Waals surface area contributed by atoms with Crippen LogP contribution in [0, 0.1) is 0 Å². The van der Waals surface area contributed by atoms with Crippen molar-refractivity contribution in [2.75, 3.05) is 6.61 Å². The van der Waals surface area contributed by atoms with E-state index in [0.29, 0.717) is 17.7 Å². The molecule has 0 fully saturated rings. The summed E-state index contributed by atoms with van der Waals surface area (Å²) < 4.78 is 12.1. The highest BCUT2D eigenvalue weighted by atomic mass is 28.4. The molecule has 6 heteroatoms. The number of fused-ring (bicyclic) bond motifs is 1. The first-order chi connectivity index (χ1) is 12.1. The molecule has 140 valence electrons. The largest absolute Gasteiger partial charge is 0.510 e. The number of rotatable bonds is 4. The third kappa shape index (κ3) is 3.49. The fraction of sp³-hybridized carbons (Fsp3) is 0.450. The quantitative estimate of drug-likeness (QED) is 0.750. The van der Waals surface area contributed by atoms with E-state index in [1.54, 1.807) is 12.3 Å². The van der Waals surface area contributed by atoms with E-state index >= 15 is 0 Å². The van der Waals surface area contributed by atoms with Gasteiger partial charge in [-0.25, -0.2) is 0 Å². The van der Waals surface area contributed by atoms with Gasteiger partial charge in [-0.3, -0.25) is 4.98 Å². The molecule has 0 amide bonds. The molecule has 26 heavy (non-hydrogen) atoms. The fourth-order valence-electron chi connectivity index (χ4n) is 2.71. The predicted molar refractivity (Wildman–Crippen MR) is 105 cm³/mol. The van der Waals surface area contributed by atoms with Crippen molar-refractivity contribution in [2.24, 2.45) is 0 Å². The van der Waals surface area contributed by atoms with E-state index in [2.05, 4.69) is 38.8 Å². The maximum Gasteiger partial charge on any atom is 0.192 e. The van der Waals surface area contributed by atoms with Gasteiger partial charge in [0.25, 0.3) is 0 Å². The van der Waals surface area contributed by atoms with Crippen molar-refractivity contribution in [2.45, 2.75) is 51.1 Å². The molecule has 2 aromatic rings. The van der Waals surface area contributed by atoms with Crippen LogP contribution in [0.1, 0.15) is 32.4 Å². The Labute approximate surface area is 155 Å². The average Bonchev–Trinajstić information content (AvgIpc) is 2.93. The lowest BCUT2D eigenvalue weighted by Gasteiger charge is -2.36. The summed E-state index contributed by atoms with van der Waals surface area (Å²) in [6.07, 6.45) is 2.23. The topological polar surface area (TPSA) is 71.8 Å². The number of aliphatic hydroxyl groups excluding tert-OH is 1. The second kappa shape index (κ2) is 6.68. The highest BCUT2D eigenvalue weighted by molar-refractivity contribution is 6.74. The second-order valence-corrected chi connectivity index (χ2v) is 13.1. The van der Waals surface area contributed by atoms with Gasteiger partial charge in [0.1, 0.15) is 29.2 Å². The number of hydrogen-bond acceptors (Lipinski definition) is 5. The minimum atomic E-state index is -1.93.